The molecule has 1 spiro atoms. The van der Waals surface area contributed by atoms with Gasteiger partial charge in [0.1, 0.15) is 5.82 Å². The maximum atomic E-state index is 12.9. The first-order valence-electron chi connectivity index (χ1n) is 9.53. The predicted octanol–water partition coefficient (Wildman–Crippen LogP) is 0.785. The van der Waals surface area contributed by atoms with Crippen LogP contribution in [0.5, 0.6) is 0 Å². The monoisotopic (exact) mass is 358 g/mol. The van der Waals surface area contributed by atoms with Crippen molar-refractivity contribution in [2.45, 2.75) is 38.1 Å². The number of aliphatic hydroxyl groups is 1. The standard InChI is InChI=1S/C19H26N4O3/c24-11-10-22-8-1-5-19(18(22)26)6-9-23(13-19)16-12-14(4-7-20-16)17(25)21-15-2-3-15/h4,7,12,15,24H,1-3,5-6,8-11,13H2,(H,21,25)/t19-/m1/s1. The second-order valence-corrected chi connectivity index (χ2v) is 7.72. The fraction of sp³-hybridized carbons (Fsp3) is 0.632. The van der Waals surface area contributed by atoms with Crippen molar-refractivity contribution in [3.8, 4) is 0 Å². The van der Waals surface area contributed by atoms with Gasteiger partial charge in [-0.25, -0.2) is 4.98 Å². The lowest BCUT2D eigenvalue weighted by molar-refractivity contribution is -0.145. The van der Waals surface area contributed by atoms with Crippen molar-refractivity contribution in [1.82, 2.24) is 15.2 Å². The highest BCUT2D eigenvalue weighted by atomic mass is 16.3. The fourth-order valence-electron chi connectivity index (χ4n) is 4.16. The summed E-state index contributed by atoms with van der Waals surface area (Å²) in [6, 6.07) is 3.89. The van der Waals surface area contributed by atoms with E-state index in [9.17, 15) is 14.7 Å². The Labute approximate surface area is 153 Å². The molecule has 140 valence electrons. The molecule has 2 aliphatic heterocycles. The number of anilines is 1. The summed E-state index contributed by atoms with van der Waals surface area (Å²) < 4.78 is 0. The van der Waals surface area contributed by atoms with Crippen molar-refractivity contribution in [2.75, 3.05) is 37.7 Å². The molecule has 26 heavy (non-hydrogen) atoms. The van der Waals surface area contributed by atoms with Crippen molar-refractivity contribution < 1.29 is 14.7 Å². The molecular formula is C19H26N4O3. The van der Waals surface area contributed by atoms with E-state index >= 15 is 0 Å². The number of aromatic nitrogens is 1. The highest BCUT2D eigenvalue weighted by Gasteiger charge is 2.48. The van der Waals surface area contributed by atoms with Crippen LogP contribution in [-0.2, 0) is 4.79 Å². The molecule has 0 radical (unpaired) electrons. The topological polar surface area (TPSA) is 85.8 Å². The Kier molecular flexibility index (Phi) is 4.56. The largest absolute Gasteiger partial charge is 0.395 e. The van der Waals surface area contributed by atoms with E-state index < -0.39 is 0 Å². The summed E-state index contributed by atoms with van der Waals surface area (Å²) in [5, 5.41) is 12.2. The molecule has 4 rings (SSSR count). The summed E-state index contributed by atoms with van der Waals surface area (Å²) in [5.41, 5.74) is 0.251. The van der Waals surface area contributed by atoms with Crippen LogP contribution in [0.4, 0.5) is 5.82 Å². The minimum Gasteiger partial charge on any atom is -0.395 e. The molecule has 0 aromatic carbocycles. The lowest BCUT2D eigenvalue weighted by atomic mass is 9.78. The zero-order valence-electron chi connectivity index (χ0n) is 15.0. The van der Waals surface area contributed by atoms with Gasteiger partial charge in [-0.3, -0.25) is 9.59 Å². The predicted molar refractivity (Wildman–Crippen MR) is 96.9 cm³/mol. The average molecular weight is 358 g/mol. The van der Waals surface area contributed by atoms with Crippen molar-refractivity contribution in [3.05, 3.63) is 23.9 Å². The molecule has 3 fully saturated rings. The second-order valence-electron chi connectivity index (χ2n) is 7.72. The summed E-state index contributed by atoms with van der Waals surface area (Å²) in [4.78, 5) is 33.6. The van der Waals surface area contributed by atoms with E-state index in [1.165, 1.54) is 0 Å². The number of hydrogen-bond acceptors (Lipinski definition) is 5. The number of piperidine rings is 1. The molecule has 7 nitrogen and oxygen atoms in total. The number of amides is 2. The van der Waals surface area contributed by atoms with Gasteiger partial charge in [-0.1, -0.05) is 0 Å². The van der Waals surface area contributed by atoms with Gasteiger partial charge in [-0.2, -0.15) is 0 Å². The van der Waals surface area contributed by atoms with Gasteiger partial charge < -0.3 is 20.2 Å². The van der Waals surface area contributed by atoms with Gasteiger partial charge >= 0.3 is 0 Å². The lowest BCUT2D eigenvalue weighted by Gasteiger charge is -2.39. The van der Waals surface area contributed by atoms with Crippen molar-refractivity contribution in [1.29, 1.82) is 0 Å². The van der Waals surface area contributed by atoms with Gasteiger partial charge in [0, 0.05) is 44.0 Å². The molecule has 1 aromatic rings. The van der Waals surface area contributed by atoms with Crippen LogP contribution >= 0.6 is 0 Å². The van der Waals surface area contributed by atoms with E-state index in [1.807, 2.05) is 6.07 Å². The zero-order valence-corrected chi connectivity index (χ0v) is 15.0. The number of likely N-dealkylation sites (tertiary alicyclic amines) is 1. The Morgan fingerprint density at radius 3 is 2.96 bits per heavy atom. The number of aliphatic hydroxyl groups excluding tert-OH is 1. The first kappa shape index (κ1) is 17.3. The van der Waals surface area contributed by atoms with Crippen LogP contribution in [0.2, 0.25) is 0 Å². The first-order valence-corrected chi connectivity index (χ1v) is 9.53. The van der Waals surface area contributed by atoms with Crippen LogP contribution < -0.4 is 10.2 Å². The third-order valence-corrected chi connectivity index (χ3v) is 5.79. The third-order valence-electron chi connectivity index (χ3n) is 5.79. The Morgan fingerprint density at radius 1 is 1.35 bits per heavy atom. The Bertz CT molecular complexity index is 704. The summed E-state index contributed by atoms with van der Waals surface area (Å²) >= 11 is 0. The maximum Gasteiger partial charge on any atom is 0.251 e. The van der Waals surface area contributed by atoms with Crippen molar-refractivity contribution in [2.24, 2.45) is 5.41 Å². The SMILES string of the molecule is O=C(NC1CC1)c1ccnc(N2CC[C@]3(CCCN(CCO)C3=O)C2)c1. The molecule has 1 saturated carbocycles. The molecule has 0 bridgehead atoms. The van der Waals surface area contributed by atoms with Crippen LogP contribution in [-0.4, -0.2) is 65.6 Å². The lowest BCUT2D eigenvalue weighted by Crippen LogP contribution is -2.50. The molecule has 2 saturated heterocycles. The van der Waals surface area contributed by atoms with Gasteiger partial charge in [0.15, 0.2) is 0 Å². The average Bonchev–Trinajstić information content (AvgIpc) is 3.36. The molecule has 3 heterocycles. The smallest absolute Gasteiger partial charge is 0.251 e. The molecule has 2 amide bonds. The molecule has 7 heteroatoms. The van der Waals surface area contributed by atoms with E-state index in [4.69, 9.17) is 0 Å². The second kappa shape index (κ2) is 6.87. The van der Waals surface area contributed by atoms with Crippen molar-refractivity contribution in [3.63, 3.8) is 0 Å². The van der Waals surface area contributed by atoms with Gasteiger partial charge in [-0.15, -0.1) is 0 Å². The van der Waals surface area contributed by atoms with Gasteiger partial charge in [0.25, 0.3) is 5.91 Å². The number of carbonyl (C=O) groups excluding carboxylic acids is 2. The number of β-amino-alcohol motifs (C(OH)–C–C–N with tert-alkyl or cyclic N) is 1. The molecule has 2 N–H and O–H groups in total. The van der Waals surface area contributed by atoms with E-state index in [1.54, 1.807) is 17.2 Å². The molecule has 3 aliphatic rings. The molecule has 1 aliphatic carbocycles. The Hall–Kier alpha value is -2.15. The van der Waals surface area contributed by atoms with Crippen LogP contribution in [0.15, 0.2) is 18.3 Å². The maximum absolute atomic E-state index is 12.9. The quantitative estimate of drug-likeness (QED) is 0.813. The number of nitrogens with zero attached hydrogens (tertiary/aromatic N) is 3. The van der Waals surface area contributed by atoms with Crippen LogP contribution in [0.3, 0.4) is 0 Å². The molecule has 1 aromatic heterocycles. The molecular weight excluding hydrogens is 332 g/mol. The van der Waals surface area contributed by atoms with Crippen LogP contribution in [0.1, 0.15) is 42.5 Å². The fourth-order valence-corrected chi connectivity index (χ4v) is 4.16. The summed E-state index contributed by atoms with van der Waals surface area (Å²) in [5.74, 6) is 0.869. The van der Waals surface area contributed by atoms with Gasteiger partial charge in [0.05, 0.1) is 12.0 Å². The molecule has 0 unspecified atom stereocenters. The van der Waals surface area contributed by atoms with E-state index in [0.717, 1.165) is 51.0 Å². The minimum atomic E-state index is -0.374. The summed E-state index contributed by atoms with van der Waals surface area (Å²) in [6.45, 7) is 2.55. The highest BCUT2D eigenvalue weighted by molar-refractivity contribution is 5.95. The first-order chi connectivity index (χ1) is 12.6. The minimum absolute atomic E-state index is 0.00520. The van der Waals surface area contributed by atoms with E-state index in [0.29, 0.717) is 24.7 Å². The van der Waals surface area contributed by atoms with E-state index in [2.05, 4.69) is 15.2 Å². The zero-order chi connectivity index (χ0) is 18.1. The third kappa shape index (κ3) is 3.28. The Morgan fingerprint density at radius 2 is 2.19 bits per heavy atom. The number of hydrogen-bond donors (Lipinski definition) is 2. The van der Waals surface area contributed by atoms with Crippen LogP contribution in [0, 0.1) is 5.41 Å². The molecule has 1 atom stereocenters. The van der Waals surface area contributed by atoms with E-state index in [-0.39, 0.29) is 23.8 Å². The van der Waals surface area contributed by atoms with Gasteiger partial charge in [0.2, 0.25) is 5.91 Å². The van der Waals surface area contributed by atoms with Gasteiger partial charge in [-0.05, 0) is 44.2 Å². The summed E-state index contributed by atoms with van der Waals surface area (Å²) in [7, 11) is 0. The van der Waals surface area contributed by atoms with Crippen molar-refractivity contribution >= 4 is 17.6 Å². The highest BCUT2D eigenvalue weighted by Crippen LogP contribution is 2.41. The number of rotatable bonds is 5. The normalized spacial score (nSPS) is 25.8. The number of nitrogens with one attached hydrogen (secondary N) is 1. The number of pyridine rings is 1. The Balaban J connectivity index is 1.48. The number of carbonyl (C=O) groups is 2. The summed E-state index contributed by atoms with van der Waals surface area (Å²) in [6.07, 6.45) is 6.44. The van der Waals surface area contributed by atoms with Crippen LogP contribution in [0.25, 0.3) is 0 Å².